The molecule has 0 radical (unpaired) electrons. The molecule has 2 aromatic rings. The van der Waals surface area contributed by atoms with Crippen molar-refractivity contribution in [2.45, 2.75) is 40.5 Å². The first kappa shape index (κ1) is 21.3. The summed E-state index contributed by atoms with van der Waals surface area (Å²) in [5.41, 5.74) is 1.90. The van der Waals surface area contributed by atoms with Crippen molar-refractivity contribution in [3.05, 3.63) is 51.9 Å². The monoisotopic (exact) mass is 386 g/mol. The Morgan fingerprint density at radius 3 is 2.50 bits per heavy atom. The molecule has 0 spiro atoms. The molecule has 0 aliphatic rings. The summed E-state index contributed by atoms with van der Waals surface area (Å²) in [5, 5.41) is 0.486. The lowest BCUT2D eigenvalue weighted by atomic mass is 10.1. The minimum atomic E-state index is -0.695. The van der Waals surface area contributed by atoms with Gasteiger partial charge in [0.2, 0.25) is 5.75 Å². The second-order valence-corrected chi connectivity index (χ2v) is 6.66. The number of fused-ring (bicyclic) bond motifs is 1. The number of hydrogen-bond acceptors (Lipinski definition) is 6. The highest BCUT2D eigenvalue weighted by atomic mass is 16.5. The van der Waals surface area contributed by atoms with Gasteiger partial charge in [0.1, 0.15) is 6.61 Å². The Balaban J connectivity index is 2.28. The maximum atomic E-state index is 12.4. The van der Waals surface area contributed by atoms with Crippen LogP contribution in [-0.2, 0) is 4.79 Å². The van der Waals surface area contributed by atoms with Gasteiger partial charge < -0.3 is 18.6 Å². The van der Waals surface area contributed by atoms with E-state index in [0.29, 0.717) is 5.39 Å². The van der Waals surface area contributed by atoms with Crippen molar-refractivity contribution in [2.75, 3.05) is 13.7 Å². The minimum Gasteiger partial charge on any atom is -0.492 e. The maximum absolute atomic E-state index is 12.4. The molecule has 2 rings (SSSR count). The number of esters is 1. The molecule has 0 aliphatic carbocycles. The molecular formula is C22H26O6. The van der Waals surface area contributed by atoms with Crippen molar-refractivity contribution in [2.24, 2.45) is 0 Å². The third kappa shape index (κ3) is 5.49. The molecular weight excluding hydrogens is 360 g/mol. The van der Waals surface area contributed by atoms with Crippen LogP contribution in [-0.4, -0.2) is 19.7 Å². The number of hydrogen-bond donors (Lipinski definition) is 0. The topological polar surface area (TPSA) is 75.0 Å². The van der Waals surface area contributed by atoms with Crippen LogP contribution in [0.15, 0.2) is 50.7 Å². The molecule has 150 valence electrons. The van der Waals surface area contributed by atoms with Crippen LogP contribution in [0.4, 0.5) is 0 Å². The average Bonchev–Trinajstić information content (AvgIpc) is 2.62. The maximum Gasteiger partial charge on any atom is 0.383 e. The molecule has 0 fully saturated rings. The number of ether oxygens (including phenoxy) is 3. The number of carbonyl (C=O) groups is 1. The summed E-state index contributed by atoms with van der Waals surface area (Å²) >= 11 is 0. The first-order valence-corrected chi connectivity index (χ1v) is 9.07. The van der Waals surface area contributed by atoms with Gasteiger partial charge in [-0.2, -0.15) is 0 Å². The van der Waals surface area contributed by atoms with E-state index in [0.717, 1.165) is 12.8 Å². The fraction of sp³-hybridized carbons (Fsp3) is 0.364. The fourth-order valence-electron chi connectivity index (χ4n) is 2.67. The third-order valence-corrected chi connectivity index (χ3v) is 4.02. The molecule has 0 amide bonds. The van der Waals surface area contributed by atoms with Crippen LogP contribution in [0.3, 0.4) is 0 Å². The molecule has 1 heterocycles. The summed E-state index contributed by atoms with van der Waals surface area (Å²) in [5.74, 6) is -0.121. The van der Waals surface area contributed by atoms with Gasteiger partial charge >= 0.3 is 11.6 Å². The van der Waals surface area contributed by atoms with Crippen LogP contribution in [0.5, 0.6) is 17.2 Å². The van der Waals surface area contributed by atoms with Crippen molar-refractivity contribution in [3.8, 4) is 17.2 Å². The van der Waals surface area contributed by atoms with Crippen molar-refractivity contribution in [1.29, 1.82) is 0 Å². The summed E-state index contributed by atoms with van der Waals surface area (Å²) in [6, 6.07) is 4.93. The number of para-hydroxylation sites is 1. The standard InChI is InChI=1S/C22H26O6/c1-14(2)8-6-9-15(3)12-13-26-21-20(25-5)17-10-7-11-18(27-16(4)23)19(17)28-22(21)24/h7-8,10-12H,6,9,13H2,1-5H3. The summed E-state index contributed by atoms with van der Waals surface area (Å²) in [4.78, 5) is 23.7. The summed E-state index contributed by atoms with van der Waals surface area (Å²) < 4.78 is 21.5. The highest BCUT2D eigenvalue weighted by Gasteiger charge is 2.19. The third-order valence-electron chi connectivity index (χ3n) is 4.02. The van der Waals surface area contributed by atoms with Gasteiger partial charge in [-0.05, 0) is 51.8 Å². The molecule has 0 saturated heterocycles. The molecule has 1 aromatic carbocycles. The Morgan fingerprint density at radius 1 is 1.11 bits per heavy atom. The van der Waals surface area contributed by atoms with Gasteiger partial charge in [-0.1, -0.05) is 23.3 Å². The molecule has 0 aliphatic heterocycles. The van der Waals surface area contributed by atoms with Gasteiger partial charge in [0.15, 0.2) is 17.1 Å². The number of benzene rings is 1. The van der Waals surface area contributed by atoms with E-state index in [1.807, 2.05) is 13.0 Å². The summed E-state index contributed by atoms with van der Waals surface area (Å²) in [6.07, 6.45) is 5.99. The van der Waals surface area contributed by atoms with E-state index in [-0.39, 0.29) is 29.4 Å². The number of allylic oxidation sites excluding steroid dienone is 3. The summed E-state index contributed by atoms with van der Waals surface area (Å²) in [6.45, 7) is 7.66. The minimum absolute atomic E-state index is 0.0108. The smallest absolute Gasteiger partial charge is 0.383 e. The highest BCUT2D eigenvalue weighted by molar-refractivity contribution is 5.91. The molecule has 0 N–H and O–H groups in total. The van der Waals surface area contributed by atoms with E-state index in [1.165, 1.54) is 25.2 Å². The Morgan fingerprint density at radius 2 is 1.86 bits per heavy atom. The average molecular weight is 386 g/mol. The Kier molecular flexibility index (Phi) is 7.44. The molecule has 0 bridgehead atoms. The van der Waals surface area contributed by atoms with E-state index >= 15 is 0 Å². The van der Waals surface area contributed by atoms with E-state index < -0.39 is 11.6 Å². The van der Waals surface area contributed by atoms with Crippen molar-refractivity contribution < 1.29 is 23.4 Å². The van der Waals surface area contributed by atoms with Crippen molar-refractivity contribution in [1.82, 2.24) is 0 Å². The predicted octanol–water partition coefficient (Wildman–Crippen LogP) is 4.80. The molecule has 0 saturated carbocycles. The van der Waals surface area contributed by atoms with Crippen LogP contribution >= 0.6 is 0 Å². The number of rotatable bonds is 8. The Hall–Kier alpha value is -3.02. The van der Waals surface area contributed by atoms with E-state index in [4.69, 9.17) is 18.6 Å². The molecule has 6 nitrogen and oxygen atoms in total. The van der Waals surface area contributed by atoms with E-state index in [1.54, 1.807) is 18.2 Å². The Labute approximate surface area is 164 Å². The second kappa shape index (κ2) is 9.78. The zero-order chi connectivity index (χ0) is 20.7. The van der Waals surface area contributed by atoms with Crippen molar-refractivity contribution in [3.63, 3.8) is 0 Å². The van der Waals surface area contributed by atoms with Crippen LogP contribution in [0.25, 0.3) is 11.0 Å². The molecule has 6 heteroatoms. The van der Waals surface area contributed by atoms with Gasteiger partial charge in [-0.15, -0.1) is 0 Å². The Bertz CT molecular complexity index is 961. The number of carbonyl (C=O) groups excluding carboxylic acids is 1. The summed E-state index contributed by atoms with van der Waals surface area (Å²) in [7, 11) is 1.44. The molecule has 1 aromatic heterocycles. The van der Waals surface area contributed by atoms with Crippen molar-refractivity contribution >= 4 is 16.9 Å². The molecule has 28 heavy (non-hydrogen) atoms. The first-order chi connectivity index (χ1) is 13.3. The van der Waals surface area contributed by atoms with Gasteiger partial charge in [-0.3, -0.25) is 4.79 Å². The van der Waals surface area contributed by atoms with E-state index in [2.05, 4.69) is 19.9 Å². The largest absolute Gasteiger partial charge is 0.492 e. The van der Waals surface area contributed by atoms with Gasteiger partial charge in [0.25, 0.3) is 0 Å². The molecule has 0 atom stereocenters. The fourth-order valence-corrected chi connectivity index (χ4v) is 2.67. The van der Waals surface area contributed by atoms with Crippen LogP contribution in [0.1, 0.15) is 40.5 Å². The zero-order valence-electron chi connectivity index (χ0n) is 17.0. The highest BCUT2D eigenvalue weighted by Crippen LogP contribution is 2.36. The van der Waals surface area contributed by atoms with Gasteiger partial charge in [-0.25, -0.2) is 4.79 Å². The van der Waals surface area contributed by atoms with Gasteiger partial charge in [0.05, 0.1) is 12.5 Å². The quantitative estimate of drug-likeness (QED) is 0.281. The van der Waals surface area contributed by atoms with Gasteiger partial charge in [0, 0.05) is 6.92 Å². The van der Waals surface area contributed by atoms with E-state index in [9.17, 15) is 9.59 Å². The second-order valence-electron chi connectivity index (χ2n) is 6.66. The van der Waals surface area contributed by atoms with Crippen LogP contribution < -0.4 is 19.8 Å². The lowest BCUT2D eigenvalue weighted by Crippen LogP contribution is -2.10. The van der Waals surface area contributed by atoms with Crippen LogP contribution in [0.2, 0.25) is 0 Å². The normalized spacial score (nSPS) is 11.2. The lowest BCUT2D eigenvalue weighted by Gasteiger charge is -2.12. The number of methoxy groups -OCH3 is 1. The predicted molar refractivity (Wildman–Crippen MR) is 108 cm³/mol. The SMILES string of the molecule is COc1c(OCC=C(C)CCC=C(C)C)c(=O)oc2c(OC(C)=O)cccc12. The zero-order valence-corrected chi connectivity index (χ0v) is 17.0. The first-order valence-electron chi connectivity index (χ1n) is 9.07. The molecule has 0 unspecified atom stereocenters. The lowest BCUT2D eigenvalue weighted by molar-refractivity contribution is -0.131. The van der Waals surface area contributed by atoms with Crippen LogP contribution in [0, 0.1) is 0 Å².